The van der Waals surface area contributed by atoms with E-state index < -0.39 is 10.0 Å². The zero-order valence-corrected chi connectivity index (χ0v) is 20.4. The number of anilines is 1. The lowest BCUT2D eigenvalue weighted by Crippen LogP contribution is -2.40. The second-order valence-electron chi connectivity index (χ2n) is 7.47. The molecule has 1 saturated heterocycles. The smallest absolute Gasteiger partial charge is 0.243 e. The summed E-state index contributed by atoms with van der Waals surface area (Å²) in [6.45, 7) is 1.49. The highest BCUT2D eigenvalue weighted by Gasteiger charge is 2.26. The van der Waals surface area contributed by atoms with E-state index in [-0.39, 0.29) is 16.6 Å². The van der Waals surface area contributed by atoms with Gasteiger partial charge in [0.1, 0.15) is 5.75 Å². The summed E-state index contributed by atoms with van der Waals surface area (Å²) in [6, 6.07) is 13.7. The van der Waals surface area contributed by atoms with Crippen molar-refractivity contribution in [3.8, 4) is 17.1 Å². The molecule has 1 fully saturated rings. The second kappa shape index (κ2) is 10.6. The molecule has 0 saturated carbocycles. The van der Waals surface area contributed by atoms with Crippen molar-refractivity contribution in [2.24, 2.45) is 7.05 Å². The molecule has 0 bridgehead atoms. The van der Waals surface area contributed by atoms with E-state index in [0.29, 0.717) is 48.7 Å². The van der Waals surface area contributed by atoms with E-state index in [2.05, 4.69) is 15.5 Å². The molecule has 3 aromatic rings. The number of thioether (sulfide) groups is 1. The van der Waals surface area contributed by atoms with Gasteiger partial charge in [-0.15, -0.1) is 10.2 Å². The minimum absolute atomic E-state index is 0.153. The number of ether oxygens (including phenoxy) is 2. The molecule has 1 aliphatic heterocycles. The molecular weight excluding hydrogens is 478 g/mol. The fourth-order valence-corrected chi connectivity index (χ4v) is 5.55. The van der Waals surface area contributed by atoms with Crippen molar-refractivity contribution in [1.82, 2.24) is 19.1 Å². The van der Waals surface area contributed by atoms with Gasteiger partial charge in [0.15, 0.2) is 11.0 Å². The standard InChI is InChI=1S/C22H25N5O5S2/c1-26-21(16-6-8-19(9-7-16)34(29,30)27-10-12-32-13-11-27)24-25-22(26)33-15-20(28)23-17-4-3-5-18(14-17)31-2/h3-9,14H,10-13,15H2,1-2H3,(H,23,28). The third-order valence-corrected chi connectivity index (χ3v) is 8.17. The molecule has 0 atom stereocenters. The van der Waals surface area contributed by atoms with Crippen molar-refractivity contribution >= 4 is 33.4 Å². The fraction of sp³-hybridized carbons (Fsp3) is 0.318. The van der Waals surface area contributed by atoms with Crippen LogP contribution in [0.1, 0.15) is 0 Å². The molecule has 12 heteroatoms. The van der Waals surface area contributed by atoms with Gasteiger partial charge in [0.05, 0.1) is 31.0 Å². The van der Waals surface area contributed by atoms with Gasteiger partial charge in [-0.1, -0.05) is 17.8 Å². The Balaban J connectivity index is 1.40. The molecule has 0 aliphatic carbocycles. The van der Waals surface area contributed by atoms with Crippen LogP contribution in [-0.4, -0.2) is 72.6 Å². The topological polar surface area (TPSA) is 116 Å². The second-order valence-corrected chi connectivity index (χ2v) is 10.4. The van der Waals surface area contributed by atoms with E-state index in [1.807, 2.05) is 0 Å². The number of hydrogen-bond donors (Lipinski definition) is 1. The summed E-state index contributed by atoms with van der Waals surface area (Å²) < 4.78 is 39.2. The van der Waals surface area contributed by atoms with Crippen LogP contribution in [0.15, 0.2) is 58.6 Å². The Labute approximate surface area is 202 Å². The normalized spacial score (nSPS) is 14.6. The molecule has 34 heavy (non-hydrogen) atoms. The average molecular weight is 504 g/mol. The zero-order valence-electron chi connectivity index (χ0n) is 18.8. The fourth-order valence-electron chi connectivity index (χ4n) is 3.43. The summed E-state index contributed by atoms with van der Waals surface area (Å²) in [5, 5.41) is 11.8. The number of benzene rings is 2. The van der Waals surface area contributed by atoms with Crippen LogP contribution < -0.4 is 10.1 Å². The lowest BCUT2D eigenvalue weighted by molar-refractivity contribution is -0.113. The number of carbonyl (C=O) groups excluding carboxylic acids is 1. The molecule has 180 valence electrons. The van der Waals surface area contributed by atoms with Crippen molar-refractivity contribution in [1.29, 1.82) is 0 Å². The van der Waals surface area contributed by atoms with Gasteiger partial charge in [0.2, 0.25) is 15.9 Å². The Hall–Kier alpha value is -2.93. The van der Waals surface area contributed by atoms with Gasteiger partial charge >= 0.3 is 0 Å². The number of amides is 1. The molecular formula is C22H25N5O5S2. The van der Waals surface area contributed by atoms with Crippen molar-refractivity contribution < 1.29 is 22.7 Å². The van der Waals surface area contributed by atoms with Gasteiger partial charge in [-0.3, -0.25) is 4.79 Å². The maximum atomic E-state index is 12.8. The quantitative estimate of drug-likeness (QED) is 0.466. The van der Waals surface area contributed by atoms with Crippen LogP contribution in [0.25, 0.3) is 11.4 Å². The van der Waals surface area contributed by atoms with E-state index in [1.54, 1.807) is 67.3 Å². The molecule has 10 nitrogen and oxygen atoms in total. The van der Waals surface area contributed by atoms with Crippen LogP contribution in [0.3, 0.4) is 0 Å². The van der Waals surface area contributed by atoms with Crippen molar-refractivity contribution in [3.05, 3.63) is 48.5 Å². The molecule has 2 heterocycles. The SMILES string of the molecule is COc1cccc(NC(=O)CSc2nnc(-c3ccc(S(=O)(=O)N4CCOCC4)cc3)n2C)c1. The molecule has 1 aromatic heterocycles. The molecule has 0 spiro atoms. The van der Waals surface area contributed by atoms with E-state index in [4.69, 9.17) is 9.47 Å². The van der Waals surface area contributed by atoms with Crippen molar-refractivity contribution in [3.63, 3.8) is 0 Å². The van der Waals surface area contributed by atoms with Crippen LogP contribution in [0, 0.1) is 0 Å². The predicted molar refractivity (Wildman–Crippen MR) is 128 cm³/mol. The summed E-state index contributed by atoms with van der Waals surface area (Å²) in [6.07, 6.45) is 0. The average Bonchev–Trinajstić information content (AvgIpc) is 3.23. The van der Waals surface area contributed by atoms with Crippen LogP contribution in [0.5, 0.6) is 5.75 Å². The minimum Gasteiger partial charge on any atom is -0.497 e. The number of nitrogens with zero attached hydrogens (tertiary/aromatic N) is 4. The predicted octanol–water partition coefficient (Wildman–Crippen LogP) is 2.24. The first-order valence-electron chi connectivity index (χ1n) is 10.5. The Bertz CT molecular complexity index is 1250. The highest BCUT2D eigenvalue weighted by Crippen LogP contribution is 2.25. The first-order valence-corrected chi connectivity index (χ1v) is 13.0. The molecule has 1 N–H and O–H groups in total. The first-order chi connectivity index (χ1) is 16.4. The van der Waals surface area contributed by atoms with Crippen LogP contribution in [0.2, 0.25) is 0 Å². The Kier molecular flexibility index (Phi) is 7.51. The number of methoxy groups -OCH3 is 1. The maximum Gasteiger partial charge on any atom is 0.243 e. The van der Waals surface area contributed by atoms with E-state index >= 15 is 0 Å². The Morgan fingerprint density at radius 2 is 1.88 bits per heavy atom. The van der Waals surface area contributed by atoms with Gasteiger partial charge in [0.25, 0.3) is 0 Å². The number of hydrogen-bond acceptors (Lipinski definition) is 8. The summed E-state index contributed by atoms with van der Waals surface area (Å²) in [4.78, 5) is 12.6. The molecule has 0 unspecified atom stereocenters. The summed E-state index contributed by atoms with van der Waals surface area (Å²) >= 11 is 1.26. The van der Waals surface area contributed by atoms with Gasteiger partial charge in [0, 0.05) is 37.5 Å². The number of sulfonamides is 1. The first kappa shape index (κ1) is 24.2. The van der Waals surface area contributed by atoms with Crippen LogP contribution in [0.4, 0.5) is 5.69 Å². The summed E-state index contributed by atoms with van der Waals surface area (Å²) in [7, 11) is -0.190. The molecule has 2 aromatic carbocycles. The van der Waals surface area contributed by atoms with Gasteiger partial charge in [-0.05, 0) is 36.4 Å². The minimum atomic E-state index is -3.56. The van der Waals surface area contributed by atoms with E-state index in [9.17, 15) is 13.2 Å². The number of aromatic nitrogens is 3. The highest BCUT2D eigenvalue weighted by atomic mass is 32.2. The Morgan fingerprint density at radius 1 is 1.15 bits per heavy atom. The van der Waals surface area contributed by atoms with Crippen LogP contribution in [-0.2, 0) is 26.6 Å². The van der Waals surface area contributed by atoms with Crippen molar-refractivity contribution in [2.75, 3.05) is 44.5 Å². The van der Waals surface area contributed by atoms with E-state index in [0.717, 1.165) is 5.56 Å². The third-order valence-electron chi connectivity index (χ3n) is 5.24. The zero-order chi connectivity index (χ0) is 24.1. The molecule has 1 amide bonds. The van der Waals surface area contributed by atoms with Gasteiger partial charge in [-0.25, -0.2) is 8.42 Å². The molecule has 0 radical (unpaired) electrons. The number of morpholine rings is 1. The third kappa shape index (κ3) is 5.41. The summed E-state index contributed by atoms with van der Waals surface area (Å²) in [5.41, 5.74) is 1.37. The number of carbonyl (C=O) groups is 1. The van der Waals surface area contributed by atoms with Crippen LogP contribution >= 0.6 is 11.8 Å². The largest absolute Gasteiger partial charge is 0.497 e. The maximum absolute atomic E-state index is 12.8. The van der Waals surface area contributed by atoms with Gasteiger partial charge < -0.3 is 19.4 Å². The highest BCUT2D eigenvalue weighted by molar-refractivity contribution is 7.99. The summed E-state index contributed by atoms with van der Waals surface area (Å²) in [5.74, 6) is 1.21. The number of rotatable bonds is 8. The Morgan fingerprint density at radius 3 is 2.59 bits per heavy atom. The monoisotopic (exact) mass is 503 g/mol. The molecule has 1 aliphatic rings. The lowest BCUT2D eigenvalue weighted by atomic mass is 10.2. The van der Waals surface area contributed by atoms with Gasteiger partial charge in [-0.2, -0.15) is 4.31 Å². The van der Waals surface area contributed by atoms with E-state index in [1.165, 1.54) is 16.1 Å². The van der Waals surface area contributed by atoms with Crippen molar-refractivity contribution in [2.45, 2.75) is 10.1 Å². The lowest BCUT2D eigenvalue weighted by Gasteiger charge is -2.26. The number of nitrogens with one attached hydrogen (secondary N) is 1. The molecule has 4 rings (SSSR count).